The van der Waals surface area contributed by atoms with E-state index >= 15 is 0 Å². The quantitative estimate of drug-likeness (QED) is 0.700. The van der Waals surface area contributed by atoms with E-state index in [9.17, 15) is 0 Å². The van der Waals surface area contributed by atoms with Crippen molar-refractivity contribution in [1.82, 2.24) is 14.8 Å². The molecule has 1 rings (SSSR count). The first-order valence-electron chi connectivity index (χ1n) is 6.36. The summed E-state index contributed by atoms with van der Waals surface area (Å²) in [5.41, 5.74) is 6.08. The average Bonchev–Trinajstić information content (AvgIpc) is 2.72. The molecular weight excluding hydrogens is 216 g/mol. The van der Waals surface area contributed by atoms with Gasteiger partial charge in [0.15, 0.2) is 0 Å². The van der Waals surface area contributed by atoms with E-state index in [-0.39, 0.29) is 6.04 Å². The van der Waals surface area contributed by atoms with E-state index in [1.165, 1.54) is 0 Å². The zero-order chi connectivity index (χ0) is 12.7. The molecule has 0 saturated heterocycles. The van der Waals surface area contributed by atoms with Crippen LogP contribution >= 0.6 is 0 Å². The molecule has 2 N–H and O–H groups in total. The summed E-state index contributed by atoms with van der Waals surface area (Å²) in [6.45, 7) is 7.76. The maximum absolute atomic E-state index is 6.08. The van der Waals surface area contributed by atoms with E-state index < -0.39 is 0 Å². The molecule has 1 heterocycles. The topological polar surface area (TPSA) is 66.0 Å². The van der Waals surface area contributed by atoms with Gasteiger partial charge in [-0.1, -0.05) is 0 Å². The highest BCUT2D eigenvalue weighted by Gasteiger charge is 2.11. The molecule has 0 aromatic carbocycles. The third kappa shape index (κ3) is 4.83. The van der Waals surface area contributed by atoms with Crippen molar-refractivity contribution in [1.29, 1.82) is 0 Å². The number of rotatable bonds is 8. The summed E-state index contributed by atoms with van der Waals surface area (Å²) in [6, 6.07) is 0.472. The molecular formula is C12H24N4O. The third-order valence-corrected chi connectivity index (χ3v) is 2.65. The van der Waals surface area contributed by atoms with Gasteiger partial charge in [-0.3, -0.25) is 0 Å². The van der Waals surface area contributed by atoms with Crippen molar-refractivity contribution in [2.45, 2.75) is 52.1 Å². The van der Waals surface area contributed by atoms with E-state index in [0.29, 0.717) is 6.04 Å². The van der Waals surface area contributed by atoms with E-state index in [1.807, 2.05) is 11.6 Å². The first-order valence-corrected chi connectivity index (χ1v) is 6.36. The molecule has 0 amide bonds. The molecule has 5 nitrogen and oxygen atoms in total. The molecule has 98 valence electrons. The van der Waals surface area contributed by atoms with Crippen molar-refractivity contribution in [3.63, 3.8) is 0 Å². The number of nitrogens with two attached hydrogens (primary N) is 1. The summed E-state index contributed by atoms with van der Waals surface area (Å²) in [6.07, 6.45) is 4.35. The molecule has 0 spiro atoms. The highest BCUT2D eigenvalue weighted by atomic mass is 16.5. The molecule has 0 fully saturated rings. The van der Waals surface area contributed by atoms with Crippen LogP contribution in [0.5, 0.6) is 0 Å². The predicted octanol–water partition coefficient (Wildman–Crippen LogP) is 1.55. The Balaban J connectivity index is 2.34. The second-order valence-electron chi connectivity index (χ2n) is 4.52. The van der Waals surface area contributed by atoms with Gasteiger partial charge < -0.3 is 10.5 Å². The summed E-state index contributed by atoms with van der Waals surface area (Å²) < 4.78 is 7.23. The van der Waals surface area contributed by atoms with Gasteiger partial charge in [-0.25, -0.2) is 9.67 Å². The van der Waals surface area contributed by atoms with Crippen molar-refractivity contribution < 1.29 is 4.74 Å². The van der Waals surface area contributed by atoms with E-state index in [1.54, 1.807) is 6.33 Å². The van der Waals surface area contributed by atoms with E-state index in [4.69, 9.17) is 10.5 Å². The van der Waals surface area contributed by atoms with Crippen molar-refractivity contribution in [2.75, 3.05) is 13.2 Å². The molecule has 0 saturated carbocycles. The number of hydrogen-bond donors (Lipinski definition) is 1. The number of nitrogens with zero attached hydrogens (tertiary/aromatic N) is 3. The lowest BCUT2D eigenvalue weighted by atomic mass is 10.1. The zero-order valence-electron chi connectivity index (χ0n) is 11.1. The Kier molecular flexibility index (Phi) is 6.15. The molecule has 0 aliphatic carbocycles. The van der Waals surface area contributed by atoms with Crippen LogP contribution in [0.15, 0.2) is 6.33 Å². The van der Waals surface area contributed by atoms with Gasteiger partial charge in [0.25, 0.3) is 0 Å². The number of ether oxygens (including phenoxy) is 1. The van der Waals surface area contributed by atoms with Gasteiger partial charge >= 0.3 is 0 Å². The molecule has 1 aromatic rings. The predicted molar refractivity (Wildman–Crippen MR) is 67.8 cm³/mol. The Morgan fingerprint density at radius 3 is 2.88 bits per heavy atom. The van der Waals surface area contributed by atoms with Gasteiger partial charge in [-0.15, -0.1) is 0 Å². The highest BCUT2D eigenvalue weighted by molar-refractivity contribution is 4.90. The molecule has 1 unspecified atom stereocenters. The second kappa shape index (κ2) is 7.40. The lowest BCUT2D eigenvalue weighted by Crippen LogP contribution is -2.25. The molecule has 0 bridgehead atoms. The number of hydrogen-bond acceptors (Lipinski definition) is 4. The third-order valence-electron chi connectivity index (χ3n) is 2.65. The maximum atomic E-state index is 6.08. The van der Waals surface area contributed by atoms with Crippen LogP contribution in [-0.2, 0) is 11.2 Å². The Morgan fingerprint density at radius 2 is 2.24 bits per heavy atom. The van der Waals surface area contributed by atoms with Crippen LogP contribution in [0.3, 0.4) is 0 Å². The smallest absolute Gasteiger partial charge is 0.138 e. The lowest BCUT2D eigenvalue weighted by molar-refractivity contribution is 0.142. The first-order chi connectivity index (χ1) is 8.15. The van der Waals surface area contributed by atoms with E-state index in [2.05, 4.69) is 23.9 Å². The standard InChI is InChI=1S/C12H24N4O/c1-4-17-7-5-6-11(13)8-12-14-9-15-16(12)10(2)3/h9-11H,4-8,13H2,1-3H3. The van der Waals surface area contributed by atoms with Gasteiger partial charge in [0.05, 0.1) is 0 Å². The molecule has 5 heteroatoms. The Labute approximate surface area is 103 Å². The average molecular weight is 240 g/mol. The lowest BCUT2D eigenvalue weighted by Gasteiger charge is -2.13. The van der Waals surface area contributed by atoms with Crippen LogP contribution < -0.4 is 5.73 Å². The Hall–Kier alpha value is -0.940. The van der Waals surface area contributed by atoms with Gasteiger partial charge in [-0.2, -0.15) is 5.10 Å². The largest absolute Gasteiger partial charge is 0.382 e. The summed E-state index contributed by atoms with van der Waals surface area (Å²) in [5.74, 6) is 0.976. The SMILES string of the molecule is CCOCCCC(N)Cc1ncnn1C(C)C. The molecule has 1 aromatic heterocycles. The minimum atomic E-state index is 0.136. The van der Waals surface area contributed by atoms with Crippen molar-refractivity contribution >= 4 is 0 Å². The first kappa shape index (κ1) is 14.1. The molecule has 1 atom stereocenters. The molecule has 17 heavy (non-hydrogen) atoms. The fourth-order valence-corrected chi connectivity index (χ4v) is 1.78. The van der Waals surface area contributed by atoms with Crippen LogP contribution in [0.4, 0.5) is 0 Å². The van der Waals surface area contributed by atoms with Crippen molar-refractivity contribution in [3.8, 4) is 0 Å². The van der Waals surface area contributed by atoms with Gasteiger partial charge in [0, 0.05) is 31.7 Å². The van der Waals surface area contributed by atoms with Crippen molar-refractivity contribution in [3.05, 3.63) is 12.2 Å². The van der Waals surface area contributed by atoms with Crippen LogP contribution in [-0.4, -0.2) is 34.0 Å². The van der Waals surface area contributed by atoms with Crippen LogP contribution in [0.2, 0.25) is 0 Å². The fraction of sp³-hybridized carbons (Fsp3) is 0.833. The fourth-order valence-electron chi connectivity index (χ4n) is 1.78. The van der Waals surface area contributed by atoms with Crippen LogP contribution in [0.1, 0.15) is 45.5 Å². The van der Waals surface area contributed by atoms with Crippen LogP contribution in [0, 0.1) is 0 Å². The summed E-state index contributed by atoms with van der Waals surface area (Å²) in [7, 11) is 0. The zero-order valence-corrected chi connectivity index (χ0v) is 11.1. The van der Waals surface area contributed by atoms with Gasteiger partial charge in [0.2, 0.25) is 0 Å². The Bertz CT molecular complexity index is 311. The van der Waals surface area contributed by atoms with Gasteiger partial charge in [-0.05, 0) is 33.6 Å². The van der Waals surface area contributed by atoms with Gasteiger partial charge in [0.1, 0.15) is 12.2 Å². The molecule has 0 aliphatic rings. The highest BCUT2D eigenvalue weighted by Crippen LogP contribution is 2.08. The summed E-state index contributed by atoms with van der Waals surface area (Å²) in [5, 5.41) is 4.20. The monoisotopic (exact) mass is 240 g/mol. The maximum Gasteiger partial charge on any atom is 0.138 e. The molecule has 0 radical (unpaired) electrons. The Morgan fingerprint density at radius 1 is 1.47 bits per heavy atom. The van der Waals surface area contributed by atoms with E-state index in [0.717, 1.165) is 38.3 Å². The summed E-state index contributed by atoms with van der Waals surface area (Å²) >= 11 is 0. The normalized spacial score (nSPS) is 13.2. The minimum Gasteiger partial charge on any atom is -0.382 e. The molecule has 0 aliphatic heterocycles. The van der Waals surface area contributed by atoms with Crippen molar-refractivity contribution in [2.24, 2.45) is 5.73 Å². The number of aromatic nitrogens is 3. The minimum absolute atomic E-state index is 0.136. The van der Waals surface area contributed by atoms with Crippen LogP contribution in [0.25, 0.3) is 0 Å². The summed E-state index contributed by atoms with van der Waals surface area (Å²) in [4.78, 5) is 4.26. The second-order valence-corrected chi connectivity index (χ2v) is 4.52.